The third-order valence-corrected chi connectivity index (χ3v) is 3.60. The molecule has 0 bridgehead atoms. The van der Waals surface area contributed by atoms with E-state index in [4.69, 9.17) is 4.74 Å². The minimum atomic E-state index is -0.489. The van der Waals surface area contributed by atoms with Crippen LogP contribution in [-0.2, 0) is 0 Å². The Morgan fingerprint density at radius 3 is 2.31 bits per heavy atom. The number of carbonyl (C=O) groups is 1. The van der Waals surface area contributed by atoms with Crippen LogP contribution in [0.5, 0.6) is 23.0 Å². The first-order chi connectivity index (χ1) is 12.3. The van der Waals surface area contributed by atoms with E-state index >= 15 is 0 Å². The summed E-state index contributed by atoms with van der Waals surface area (Å²) in [6.07, 6.45) is 5.93. The van der Waals surface area contributed by atoms with Gasteiger partial charge in [-0.1, -0.05) is 36.4 Å². The lowest BCUT2D eigenvalue weighted by Gasteiger charge is -2.12. The standard InChI is InChI=1S/C21H20O5/c1-13(2)4-10-16-18(24)12-19(26-3)20(21(16)25)17(23)11-7-14-5-8-15(22)9-6-14/h4-12,22,24-25H,1H2,2-3H3. The Hall–Kier alpha value is -3.47. The number of aromatic hydroxyl groups is 3. The van der Waals surface area contributed by atoms with Gasteiger partial charge in [0.2, 0.25) is 0 Å². The molecule has 0 spiro atoms. The molecule has 0 saturated heterocycles. The fourth-order valence-corrected chi connectivity index (χ4v) is 2.28. The van der Waals surface area contributed by atoms with Crippen LogP contribution in [0.1, 0.15) is 28.4 Å². The second kappa shape index (κ2) is 8.07. The molecule has 134 valence electrons. The molecule has 0 atom stereocenters. The molecule has 5 heteroatoms. The fraction of sp³-hybridized carbons (Fsp3) is 0.0952. The number of methoxy groups -OCH3 is 1. The summed E-state index contributed by atoms with van der Waals surface area (Å²) in [5.74, 6) is -0.888. The quantitative estimate of drug-likeness (QED) is 0.410. The molecule has 0 aliphatic heterocycles. The van der Waals surface area contributed by atoms with E-state index in [0.717, 1.165) is 5.57 Å². The Labute approximate surface area is 151 Å². The minimum absolute atomic E-state index is 0.0540. The molecule has 0 unspecified atom stereocenters. The zero-order chi connectivity index (χ0) is 19.3. The molecule has 2 aromatic carbocycles. The van der Waals surface area contributed by atoms with Crippen molar-refractivity contribution in [1.29, 1.82) is 0 Å². The zero-order valence-electron chi connectivity index (χ0n) is 14.6. The maximum Gasteiger partial charge on any atom is 0.193 e. The van der Waals surface area contributed by atoms with Crippen LogP contribution in [-0.4, -0.2) is 28.2 Å². The Kier molecular flexibility index (Phi) is 5.86. The minimum Gasteiger partial charge on any atom is -0.508 e. The molecule has 0 radical (unpaired) electrons. The van der Waals surface area contributed by atoms with Crippen molar-refractivity contribution in [1.82, 2.24) is 0 Å². The van der Waals surface area contributed by atoms with Crippen LogP contribution in [0.2, 0.25) is 0 Å². The van der Waals surface area contributed by atoms with Gasteiger partial charge in [0, 0.05) is 6.07 Å². The van der Waals surface area contributed by atoms with E-state index in [1.165, 1.54) is 37.5 Å². The number of phenolic OH excluding ortho intramolecular Hbond substituents is 3. The molecule has 0 saturated carbocycles. The number of phenols is 3. The van der Waals surface area contributed by atoms with E-state index < -0.39 is 5.78 Å². The highest BCUT2D eigenvalue weighted by Crippen LogP contribution is 2.39. The van der Waals surface area contributed by atoms with Crippen molar-refractivity contribution in [2.24, 2.45) is 0 Å². The largest absolute Gasteiger partial charge is 0.508 e. The van der Waals surface area contributed by atoms with E-state index in [1.807, 2.05) is 0 Å². The molecule has 0 fully saturated rings. The van der Waals surface area contributed by atoms with Gasteiger partial charge in [-0.05, 0) is 36.8 Å². The number of rotatable bonds is 6. The normalized spacial score (nSPS) is 11.2. The van der Waals surface area contributed by atoms with E-state index in [9.17, 15) is 20.1 Å². The lowest BCUT2D eigenvalue weighted by atomic mass is 10.0. The van der Waals surface area contributed by atoms with Gasteiger partial charge in [-0.25, -0.2) is 0 Å². The molecule has 2 rings (SSSR count). The molecule has 2 aromatic rings. The van der Waals surface area contributed by atoms with Gasteiger partial charge in [0.1, 0.15) is 28.6 Å². The summed E-state index contributed by atoms with van der Waals surface area (Å²) >= 11 is 0. The highest BCUT2D eigenvalue weighted by atomic mass is 16.5. The molecule has 3 N–H and O–H groups in total. The predicted octanol–water partition coefficient (Wildman–Crippen LogP) is 4.30. The summed E-state index contributed by atoms with van der Waals surface area (Å²) in [7, 11) is 1.35. The van der Waals surface area contributed by atoms with Crippen molar-refractivity contribution in [2.75, 3.05) is 7.11 Å². The first-order valence-electron chi connectivity index (χ1n) is 7.81. The lowest BCUT2D eigenvalue weighted by molar-refractivity contribution is 0.104. The number of benzene rings is 2. The van der Waals surface area contributed by atoms with Crippen molar-refractivity contribution in [3.8, 4) is 23.0 Å². The number of hydrogen-bond acceptors (Lipinski definition) is 5. The van der Waals surface area contributed by atoms with E-state index in [2.05, 4.69) is 6.58 Å². The first kappa shape index (κ1) is 18.9. The summed E-state index contributed by atoms with van der Waals surface area (Å²) in [4.78, 5) is 12.6. The maximum atomic E-state index is 12.6. The number of carbonyl (C=O) groups excluding carboxylic acids is 1. The Morgan fingerprint density at radius 2 is 1.73 bits per heavy atom. The van der Waals surface area contributed by atoms with Crippen LogP contribution in [0.3, 0.4) is 0 Å². The average molecular weight is 352 g/mol. The monoisotopic (exact) mass is 352 g/mol. The van der Waals surface area contributed by atoms with Crippen LogP contribution in [0.4, 0.5) is 0 Å². The van der Waals surface area contributed by atoms with Crippen LogP contribution in [0.15, 0.2) is 54.6 Å². The highest BCUT2D eigenvalue weighted by Gasteiger charge is 2.21. The molecule has 0 aliphatic carbocycles. The van der Waals surface area contributed by atoms with Crippen molar-refractivity contribution in [3.05, 3.63) is 71.3 Å². The fourth-order valence-electron chi connectivity index (χ4n) is 2.28. The number of hydrogen-bond donors (Lipinski definition) is 3. The maximum absolute atomic E-state index is 12.6. The molecule has 0 aliphatic rings. The SMILES string of the molecule is C=C(C)C=Cc1c(O)cc(OC)c(C(=O)C=Cc2ccc(O)cc2)c1O. The Balaban J connectivity index is 2.45. The first-order valence-corrected chi connectivity index (χ1v) is 7.81. The van der Waals surface area contributed by atoms with Gasteiger partial charge in [-0.15, -0.1) is 0 Å². The second-order valence-corrected chi connectivity index (χ2v) is 5.70. The van der Waals surface area contributed by atoms with Crippen LogP contribution < -0.4 is 4.74 Å². The van der Waals surface area contributed by atoms with Crippen molar-refractivity contribution < 1.29 is 24.9 Å². The number of ketones is 1. The van der Waals surface area contributed by atoms with Gasteiger partial charge in [0.15, 0.2) is 5.78 Å². The van der Waals surface area contributed by atoms with Gasteiger partial charge in [-0.2, -0.15) is 0 Å². The van der Waals surface area contributed by atoms with Crippen LogP contribution >= 0.6 is 0 Å². The van der Waals surface area contributed by atoms with Crippen molar-refractivity contribution >= 4 is 17.9 Å². The highest BCUT2D eigenvalue weighted by molar-refractivity contribution is 6.11. The number of allylic oxidation sites excluding steroid dienone is 3. The average Bonchev–Trinajstić information content (AvgIpc) is 2.60. The van der Waals surface area contributed by atoms with Crippen LogP contribution in [0, 0.1) is 0 Å². The van der Waals surface area contributed by atoms with Crippen molar-refractivity contribution in [3.63, 3.8) is 0 Å². The topological polar surface area (TPSA) is 87.0 Å². The third kappa shape index (κ3) is 4.33. The van der Waals surface area contributed by atoms with Crippen molar-refractivity contribution in [2.45, 2.75) is 6.92 Å². The molecular formula is C21H20O5. The summed E-state index contributed by atoms with van der Waals surface area (Å²) < 4.78 is 5.13. The van der Waals surface area contributed by atoms with Gasteiger partial charge in [-0.3, -0.25) is 4.79 Å². The van der Waals surface area contributed by atoms with Crippen LogP contribution in [0.25, 0.3) is 12.2 Å². The van der Waals surface area contributed by atoms with E-state index in [1.54, 1.807) is 31.2 Å². The van der Waals surface area contributed by atoms with Gasteiger partial charge >= 0.3 is 0 Å². The zero-order valence-corrected chi connectivity index (χ0v) is 14.6. The predicted molar refractivity (Wildman–Crippen MR) is 102 cm³/mol. The van der Waals surface area contributed by atoms with E-state index in [0.29, 0.717) is 5.56 Å². The Morgan fingerprint density at radius 1 is 1.08 bits per heavy atom. The smallest absolute Gasteiger partial charge is 0.193 e. The molecule has 0 aromatic heterocycles. The summed E-state index contributed by atoms with van der Waals surface area (Å²) in [5, 5.41) is 29.9. The Bertz CT molecular complexity index is 890. The van der Waals surface area contributed by atoms with E-state index in [-0.39, 0.29) is 34.1 Å². The van der Waals surface area contributed by atoms with Gasteiger partial charge in [0.25, 0.3) is 0 Å². The molecular weight excluding hydrogens is 332 g/mol. The molecule has 0 heterocycles. The summed E-state index contributed by atoms with van der Waals surface area (Å²) in [6.45, 7) is 5.48. The number of ether oxygens (including phenoxy) is 1. The molecule has 5 nitrogen and oxygen atoms in total. The van der Waals surface area contributed by atoms with Gasteiger partial charge in [0.05, 0.1) is 12.7 Å². The second-order valence-electron chi connectivity index (χ2n) is 5.70. The van der Waals surface area contributed by atoms with Gasteiger partial charge < -0.3 is 20.1 Å². The summed E-state index contributed by atoms with van der Waals surface area (Å²) in [5.41, 5.74) is 1.48. The third-order valence-electron chi connectivity index (χ3n) is 3.60. The lowest BCUT2D eigenvalue weighted by Crippen LogP contribution is -2.01. The summed E-state index contributed by atoms with van der Waals surface area (Å²) in [6, 6.07) is 7.58. The molecule has 0 amide bonds. The molecule has 26 heavy (non-hydrogen) atoms.